The molecular weight excluding hydrogens is 1570 g/mol. The van der Waals surface area contributed by atoms with Crippen LogP contribution in [0.5, 0.6) is 23.0 Å². The maximum absolute atomic E-state index is 14.4. The van der Waals surface area contributed by atoms with Crippen molar-refractivity contribution in [2.24, 2.45) is 58.3 Å². The van der Waals surface area contributed by atoms with Crippen molar-refractivity contribution in [2.45, 2.75) is 265 Å². The number of methoxy groups -OCH3 is 3. The van der Waals surface area contributed by atoms with Crippen LogP contribution in [0.1, 0.15) is 175 Å². The zero-order chi connectivity index (χ0) is 90.7. The van der Waals surface area contributed by atoms with Gasteiger partial charge in [-0.1, -0.05) is 73.6 Å². The number of carbonyl (C=O) groups excluding carboxylic acids is 6. The van der Waals surface area contributed by atoms with Crippen LogP contribution in [0.4, 0.5) is 5.69 Å². The molecular formula is C87H134N8O26. The molecule has 1 aromatic heterocycles. The van der Waals surface area contributed by atoms with Crippen LogP contribution in [0.25, 0.3) is 10.8 Å². The number of ether oxygens (including phenoxy) is 11. The second-order valence-electron chi connectivity index (χ2n) is 34.5. The minimum absolute atomic E-state index is 0.0559. The second kappa shape index (κ2) is 42.2. The fourth-order valence-corrected chi connectivity index (χ4v) is 17.1. The largest absolute Gasteiger partial charge is 0.507 e. The third-order valence-electron chi connectivity index (χ3n) is 25.2. The van der Waals surface area contributed by atoms with Crippen molar-refractivity contribution in [3.05, 3.63) is 82.9 Å². The van der Waals surface area contributed by atoms with Crippen molar-refractivity contribution in [2.75, 3.05) is 74.0 Å². The number of allylic oxidation sites excluding steroid dienone is 2. The number of aliphatic hydroxyl groups excluding tert-OH is 5. The number of benzene rings is 2. The number of hydrazone groups is 1. The number of hydrazine groups is 1. The molecule has 121 heavy (non-hydrogen) atoms. The first-order valence-corrected chi connectivity index (χ1v) is 41.4. The van der Waals surface area contributed by atoms with Gasteiger partial charge in [-0.3, -0.25) is 44.2 Å². The van der Waals surface area contributed by atoms with E-state index in [1.54, 1.807) is 105 Å². The van der Waals surface area contributed by atoms with Gasteiger partial charge in [0.2, 0.25) is 0 Å². The van der Waals surface area contributed by atoms with E-state index in [1.807, 2.05) is 45.3 Å². The number of esters is 2. The van der Waals surface area contributed by atoms with E-state index in [4.69, 9.17) is 57.9 Å². The molecule has 0 saturated carbocycles. The van der Waals surface area contributed by atoms with Crippen LogP contribution in [0.2, 0.25) is 0 Å². The molecule has 2 aromatic carbocycles. The Morgan fingerprint density at radius 3 is 1.98 bits per heavy atom. The third-order valence-corrected chi connectivity index (χ3v) is 25.2. The molecule has 7 aliphatic rings. The van der Waals surface area contributed by atoms with Crippen molar-refractivity contribution in [1.82, 2.24) is 25.2 Å². The van der Waals surface area contributed by atoms with Crippen molar-refractivity contribution in [1.29, 1.82) is 0 Å². The summed E-state index contributed by atoms with van der Waals surface area (Å²) in [5, 5.41) is 112. The number of pyridine rings is 1. The van der Waals surface area contributed by atoms with Crippen LogP contribution in [-0.2, 0) is 66.5 Å². The highest BCUT2D eigenvalue weighted by atomic mass is 16.7. The highest BCUT2D eigenvalue weighted by Gasteiger charge is 2.56. The third kappa shape index (κ3) is 22.6. The summed E-state index contributed by atoms with van der Waals surface area (Å²) in [5.41, 5.74) is -2.07. The minimum atomic E-state index is -2.04. The van der Waals surface area contributed by atoms with Gasteiger partial charge in [-0.15, -0.1) is 0 Å². The molecule has 0 radical (unpaired) electrons. The molecule has 13 N–H and O–H groups in total. The molecule has 3 aromatic rings. The van der Waals surface area contributed by atoms with E-state index in [1.165, 1.54) is 93.0 Å². The lowest BCUT2D eigenvalue weighted by atomic mass is 9.74. The number of cyclic esters (lactones) is 1. The van der Waals surface area contributed by atoms with E-state index in [2.05, 4.69) is 20.3 Å². The number of aliphatic hydroxyl groups is 6. The summed E-state index contributed by atoms with van der Waals surface area (Å²) in [6.07, 6.45) is -0.805. The van der Waals surface area contributed by atoms with Gasteiger partial charge in [-0.2, -0.15) is 5.10 Å². The molecule has 4 fully saturated rings. The molecule has 7 aliphatic heterocycles. The quantitative estimate of drug-likeness (QED) is 0.0166. The topological polar surface area (TPSA) is 471 Å². The number of hydrogen-bond donors (Lipinski definition) is 12. The lowest BCUT2D eigenvalue weighted by Crippen LogP contribution is -2.61. The molecule has 678 valence electrons. The Hall–Kier alpha value is -7.88. The number of amides is 2. The number of ketones is 2. The SMILES string of the molecule is CC[C@H]1OC(=O)[C@H](C)[C@@H](O[C@H]2C[C@@](C)(OC)[C@@H](O)[C@H](C)O2)[C@H](C)[C@@H](O[C@@H]2O[C@H](C)C[C@H](N(C)C)[C@H]2O)[C@](C)(OC)C[C@@H](C)C(=O)[C@H](C)[C@@H](O)[C@]1(C)O.CO[C@H]1/C=C/O[C@@]2(C)Oc3c(C)c(O)c4c(O)c(c(/C=N/N5CCN(C)CC5)c(O)c4c3C2=O)NC(=O)/C(C)=C\C=C\[C@H](C)[C@H](O)[C@@H](C)[C@@H](O)[C@@H](C)[C@H](OC(C)=O)[C@@H]1C.NNC(=O)c1ccncc1. The Labute approximate surface area is 709 Å². The molecule has 0 unspecified atom stereocenters. The molecule has 34 nitrogen and oxygen atoms in total. The summed E-state index contributed by atoms with van der Waals surface area (Å²) in [6.45, 7) is 32.1. The van der Waals surface area contributed by atoms with E-state index in [0.717, 1.165) is 13.1 Å². The maximum Gasteiger partial charge on any atom is 0.312 e. The number of aromatic nitrogens is 1. The maximum atomic E-state index is 14.4. The Morgan fingerprint density at radius 2 is 1.40 bits per heavy atom. The first kappa shape index (κ1) is 100. The van der Waals surface area contributed by atoms with E-state index in [0.29, 0.717) is 25.1 Å². The van der Waals surface area contributed by atoms with Crippen LogP contribution in [0, 0.1) is 54.3 Å². The number of phenols is 3. The van der Waals surface area contributed by atoms with Crippen LogP contribution in [0.3, 0.4) is 0 Å². The van der Waals surface area contributed by atoms with Crippen LogP contribution < -0.4 is 21.3 Å². The number of nitrogens with one attached hydrogen (secondary N) is 2. The number of Topliss-reactive ketones (excluding diaryl/α,β-unsaturated/α-hetero) is 2. The molecule has 34 heteroatoms. The summed E-state index contributed by atoms with van der Waals surface area (Å²) < 4.78 is 67.5. The number of carbonyl (C=O) groups is 6. The van der Waals surface area contributed by atoms with Gasteiger partial charge in [-0.05, 0) is 114 Å². The van der Waals surface area contributed by atoms with Gasteiger partial charge in [-0.25, -0.2) is 5.84 Å². The van der Waals surface area contributed by atoms with Gasteiger partial charge < -0.3 is 113 Å². The summed E-state index contributed by atoms with van der Waals surface area (Å²) in [6, 6.07) is 2.89. The zero-order valence-corrected chi connectivity index (χ0v) is 74.5. The van der Waals surface area contributed by atoms with Crippen molar-refractivity contribution >= 4 is 58.0 Å². The molecule has 2 amide bonds. The Kier molecular flexibility index (Phi) is 35.0. The molecule has 0 spiro atoms. The molecule has 5 bridgehead atoms. The van der Waals surface area contributed by atoms with Crippen LogP contribution in [0.15, 0.2) is 65.8 Å². The number of phenolic OH excluding ortho intramolecular Hbond substituents is 3. The monoisotopic (exact) mass is 1710 g/mol. The Bertz CT molecular complexity index is 4180. The highest BCUT2D eigenvalue weighted by Crippen LogP contribution is 2.55. The Balaban J connectivity index is 0.000000300. The number of anilines is 1. The average Bonchev–Trinajstić information content (AvgIpc) is 1.58. The van der Waals surface area contributed by atoms with Crippen molar-refractivity contribution in [3.63, 3.8) is 0 Å². The summed E-state index contributed by atoms with van der Waals surface area (Å²) >= 11 is 0. The molecule has 8 heterocycles. The van der Waals surface area contributed by atoms with E-state index in [9.17, 15) is 74.7 Å². The van der Waals surface area contributed by atoms with Gasteiger partial charge in [0.05, 0.1) is 101 Å². The second-order valence-corrected chi connectivity index (χ2v) is 34.5. The lowest BCUT2D eigenvalue weighted by molar-refractivity contribution is -0.319. The predicted molar refractivity (Wildman–Crippen MR) is 447 cm³/mol. The smallest absolute Gasteiger partial charge is 0.312 e. The number of piperazine rings is 1. The van der Waals surface area contributed by atoms with Gasteiger partial charge in [0.15, 0.2) is 18.3 Å². The van der Waals surface area contributed by atoms with Gasteiger partial charge in [0, 0.05) is 150 Å². The summed E-state index contributed by atoms with van der Waals surface area (Å²) in [7, 11) is 10.2. The molecule has 0 aliphatic carbocycles. The average molecular weight is 1710 g/mol. The first-order chi connectivity index (χ1) is 56.6. The molecule has 10 rings (SSSR count). The van der Waals surface area contributed by atoms with E-state index < -0.39 is 191 Å². The van der Waals surface area contributed by atoms with E-state index in [-0.39, 0.29) is 87.6 Å². The van der Waals surface area contributed by atoms with E-state index >= 15 is 0 Å². The summed E-state index contributed by atoms with van der Waals surface area (Å²) in [5.74, 6) is -8.23. The van der Waals surface area contributed by atoms with Crippen LogP contribution >= 0.6 is 0 Å². The highest BCUT2D eigenvalue weighted by molar-refractivity contribution is 6.24. The minimum Gasteiger partial charge on any atom is -0.507 e. The van der Waals surface area contributed by atoms with Crippen molar-refractivity contribution < 1.29 is 127 Å². The van der Waals surface area contributed by atoms with Gasteiger partial charge in [0.25, 0.3) is 17.6 Å². The number of nitrogens with two attached hydrogens (primary N) is 1. The number of nitrogens with zero attached hydrogens (tertiary/aromatic N) is 5. The fraction of sp³-hybridized carbons (Fsp3) is 0.678. The van der Waals surface area contributed by atoms with Crippen molar-refractivity contribution in [3.8, 4) is 23.0 Å². The van der Waals surface area contributed by atoms with Gasteiger partial charge >= 0.3 is 17.7 Å². The normalized spacial score (nSPS) is 37.4. The first-order valence-electron chi connectivity index (χ1n) is 41.4. The van der Waals surface area contributed by atoms with Crippen LogP contribution in [-0.4, -0.2) is 290 Å². The number of nitrogen functional groups attached to an aromatic ring is 1. The molecule has 4 saturated heterocycles. The van der Waals surface area contributed by atoms with Gasteiger partial charge in [0.1, 0.15) is 53.0 Å². The standard InChI is InChI=1S/C43H58N4O12.C38H69NO13.C6H7N3O/c1-21-12-11-13-22(2)42(55)45-33-28(20-44-47-17-15-46(9)16-18-47)37(52)30-31(38(33)53)36(51)26(6)40-32(30)41(54)43(8,59-40)57-19-14-29(56-10)23(3)39(58-27(7)48)25(5)35(50)24(4)34(21)49;1-15-26-38(10,45)31(42)21(4)28(40)19(2)17-37(9,47-14)33(52-35-29(41)25(39(11)12)16-20(3)48-35)22(5)30(23(6)34(44)50-26)51-27-18-36(8,46-13)32(43)24(7)49-27;7-9-6(10)5-1-3-8-4-2-5/h11-14,19-21,23-25,29,34-35,39,49-53H,15-18H2,1-10H3,(H,45,55);19-27,29-33,35,41-43,45H,15-18H2,1-14H3;1-4H,7H2,(H,9,10)/b12-11+,19-14+,22-13-,44-20+;;/t21-,23+,24+,25+,29-,34-,35+,39+,43-;19-,20-,21+,22+,23-,24+,25+,26-,27+,29-,30+,31-,32+,33-,35+,36-,37-,38-;/m01./s1. The Morgan fingerprint density at radius 1 is 0.769 bits per heavy atom. The zero-order valence-electron chi connectivity index (χ0n) is 74.5. The summed E-state index contributed by atoms with van der Waals surface area (Å²) in [4.78, 5) is 87.2. The molecule has 27 atom stereocenters. The number of rotatable bonds is 13. The predicted octanol–water partition coefficient (Wildman–Crippen LogP) is 6.46. The number of aromatic hydroxyl groups is 3. The number of hydrogen-bond acceptors (Lipinski definition) is 32. The number of fused-ring (bicyclic) bond motifs is 14. The fourth-order valence-electron chi connectivity index (χ4n) is 17.1. The lowest BCUT2D eigenvalue weighted by Gasteiger charge is -2.50. The number of likely N-dealkylation sites (N-methyl/N-ethyl adjacent to an activating group) is 2.